The van der Waals surface area contributed by atoms with Gasteiger partial charge in [0.05, 0.1) is 12.6 Å². The minimum Gasteiger partial charge on any atom is -0.491 e. The van der Waals surface area contributed by atoms with Gasteiger partial charge in [0.15, 0.2) is 0 Å². The molecule has 0 saturated heterocycles. The maximum Gasteiger partial charge on any atom is 0.242 e. The van der Waals surface area contributed by atoms with Crippen LogP contribution in [0.3, 0.4) is 0 Å². The van der Waals surface area contributed by atoms with Gasteiger partial charge in [-0.25, -0.2) is 4.39 Å². The standard InChI is InChI=1S/C25H31FN2O3S/c1-2-12-27(25(30)18-6-3-4-7-18)16-24(29)28-13-10-23-21(11-14-32-23)22(28)17-31-20-9-5-8-19(26)15-20/h5,8-9,11,14-15,18,22H,2-4,6-7,10,12-13,16-17H2,1H3. The lowest BCUT2D eigenvalue weighted by atomic mass is 10.00. The minimum absolute atomic E-state index is 0.0468. The molecule has 32 heavy (non-hydrogen) atoms. The third-order valence-corrected chi connectivity index (χ3v) is 7.45. The molecule has 5 nitrogen and oxygen atoms in total. The maximum absolute atomic E-state index is 13.6. The Morgan fingerprint density at radius 2 is 2.06 bits per heavy atom. The Bertz CT molecular complexity index is 941. The molecule has 1 aliphatic carbocycles. The van der Waals surface area contributed by atoms with Gasteiger partial charge in [0, 0.05) is 30.0 Å². The Hall–Kier alpha value is -2.41. The van der Waals surface area contributed by atoms with Crippen molar-refractivity contribution < 1.29 is 18.7 Å². The quantitative estimate of drug-likeness (QED) is 0.570. The number of rotatable bonds is 8. The summed E-state index contributed by atoms with van der Waals surface area (Å²) in [6, 6.07) is 7.87. The van der Waals surface area contributed by atoms with E-state index < -0.39 is 0 Å². The van der Waals surface area contributed by atoms with E-state index in [1.165, 1.54) is 17.0 Å². The van der Waals surface area contributed by atoms with Crippen LogP contribution in [-0.4, -0.2) is 47.9 Å². The van der Waals surface area contributed by atoms with E-state index in [1.807, 2.05) is 23.3 Å². The van der Waals surface area contributed by atoms with Crippen LogP contribution in [0.25, 0.3) is 0 Å². The number of amides is 2. The SMILES string of the molecule is CCCN(CC(=O)N1CCc2sccc2C1COc1cccc(F)c1)C(=O)C1CCCC1. The first-order chi connectivity index (χ1) is 15.6. The second-order valence-electron chi connectivity index (χ2n) is 8.66. The molecular weight excluding hydrogens is 427 g/mol. The lowest BCUT2D eigenvalue weighted by Gasteiger charge is -2.37. The number of carbonyl (C=O) groups is 2. The van der Waals surface area contributed by atoms with Gasteiger partial charge in [-0.1, -0.05) is 25.8 Å². The fourth-order valence-corrected chi connectivity index (χ4v) is 5.76. The summed E-state index contributed by atoms with van der Waals surface area (Å²) in [5.41, 5.74) is 1.09. The third kappa shape index (κ3) is 5.14. The summed E-state index contributed by atoms with van der Waals surface area (Å²) in [7, 11) is 0. The second-order valence-corrected chi connectivity index (χ2v) is 9.66. The van der Waals surface area contributed by atoms with Gasteiger partial charge in [-0.3, -0.25) is 9.59 Å². The Kier molecular flexibility index (Phi) is 7.45. The highest BCUT2D eigenvalue weighted by Gasteiger charge is 2.34. The number of benzene rings is 1. The molecule has 1 aliphatic heterocycles. The Morgan fingerprint density at radius 3 is 2.81 bits per heavy atom. The summed E-state index contributed by atoms with van der Waals surface area (Å²) >= 11 is 1.69. The minimum atomic E-state index is -0.351. The molecule has 1 aromatic carbocycles. The zero-order valence-corrected chi connectivity index (χ0v) is 19.4. The monoisotopic (exact) mass is 458 g/mol. The largest absolute Gasteiger partial charge is 0.491 e. The first kappa shape index (κ1) is 22.8. The molecule has 0 spiro atoms. The number of hydrogen-bond acceptors (Lipinski definition) is 4. The summed E-state index contributed by atoms with van der Waals surface area (Å²) in [5.74, 6) is 0.235. The topological polar surface area (TPSA) is 49.9 Å². The zero-order valence-electron chi connectivity index (χ0n) is 18.6. The van der Waals surface area contributed by atoms with Crippen molar-refractivity contribution in [3.8, 4) is 5.75 Å². The van der Waals surface area contributed by atoms with Crippen molar-refractivity contribution in [2.45, 2.75) is 51.5 Å². The number of hydrogen-bond donors (Lipinski definition) is 0. The second kappa shape index (κ2) is 10.5. The van der Waals surface area contributed by atoms with Crippen molar-refractivity contribution >= 4 is 23.2 Å². The summed E-state index contributed by atoms with van der Waals surface area (Å²) in [5, 5.41) is 2.04. The molecule has 0 N–H and O–H groups in total. The zero-order chi connectivity index (χ0) is 22.5. The number of fused-ring (bicyclic) bond motifs is 1. The molecule has 1 saturated carbocycles. The van der Waals surface area contributed by atoms with E-state index in [0.29, 0.717) is 18.8 Å². The van der Waals surface area contributed by atoms with E-state index in [1.54, 1.807) is 28.4 Å². The number of ether oxygens (including phenoxy) is 1. The van der Waals surface area contributed by atoms with Crippen molar-refractivity contribution in [2.75, 3.05) is 26.2 Å². The van der Waals surface area contributed by atoms with E-state index >= 15 is 0 Å². The fourth-order valence-electron chi connectivity index (χ4n) is 4.83. The van der Waals surface area contributed by atoms with Gasteiger partial charge < -0.3 is 14.5 Å². The lowest BCUT2D eigenvalue weighted by Crippen LogP contribution is -2.48. The molecular formula is C25H31FN2O3S. The number of carbonyl (C=O) groups excluding carboxylic acids is 2. The Morgan fingerprint density at radius 1 is 1.25 bits per heavy atom. The molecule has 172 valence electrons. The molecule has 2 heterocycles. The van der Waals surface area contributed by atoms with E-state index in [9.17, 15) is 14.0 Å². The van der Waals surface area contributed by atoms with Gasteiger partial charge in [-0.15, -0.1) is 11.3 Å². The van der Waals surface area contributed by atoms with Gasteiger partial charge >= 0.3 is 0 Å². The number of halogens is 1. The first-order valence-electron chi connectivity index (χ1n) is 11.6. The van der Waals surface area contributed by atoms with Crippen molar-refractivity contribution in [1.29, 1.82) is 0 Å². The molecule has 7 heteroatoms. The van der Waals surface area contributed by atoms with E-state index in [0.717, 1.165) is 44.1 Å². The molecule has 2 amide bonds. The first-order valence-corrected chi connectivity index (χ1v) is 12.5. The molecule has 2 aliphatic rings. The molecule has 1 fully saturated rings. The summed E-state index contributed by atoms with van der Waals surface area (Å²) in [6.45, 7) is 3.60. The van der Waals surface area contributed by atoms with Crippen LogP contribution in [0.4, 0.5) is 4.39 Å². The van der Waals surface area contributed by atoms with Crippen molar-refractivity contribution in [3.05, 3.63) is 52.0 Å². The molecule has 1 aromatic heterocycles. The van der Waals surface area contributed by atoms with Crippen molar-refractivity contribution in [3.63, 3.8) is 0 Å². The summed E-state index contributed by atoms with van der Waals surface area (Å²) in [4.78, 5) is 31.3. The third-order valence-electron chi connectivity index (χ3n) is 6.45. The van der Waals surface area contributed by atoms with Gasteiger partial charge in [0.2, 0.25) is 11.8 Å². The average molecular weight is 459 g/mol. The van der Waals surface area contributed by atoms with Crippen LogP contribution in [-0.2, 0) is 16.0 Å². The van der Waals surface area contributed by atoms with Crippen LogP contribution in [0.2, 0.25) is 0 Å². The highest BCUT2D eigenvalue weighted by atomic mass is 32.1. The summed E-state index contributed by atoms with van der Waals surface area (Å²) in [6.07, 6.45) is 5.68. The van der Waals surface area contributed by atoms with Crippen LogP contribution in [0, 0.1) is 11.7 Å². The maximum atomic E-state index is 13.6. The van der Waals surface area contributed by atoms with Crippen molar-refractivity contribution in [1.82, 2.24) is 9.80 Å². The fraction of sp³-hybridized carbons (Fsp3) is 0.520. The molecule has 1 atom stereocenters. The normalized spacial score (nSPS) is 18.4. The van der Waals surface area contributed by atoms with E-state index in [4.69, 9.17) is 4.74 Å². The van der Waals surface area contributed by atoms with Gasteiger partial charge in [0.1, 0.15) is 18.2 Å². The molecule has 0 radical (unpaired) electrons. The van der Waals surface area contributed by atoms with Crippen LogP contribution in [0.1, 0.15) is 55.5 Å². The van der Waals surface area contributed by atoms with Crippen LogP contribution in [0.5, 0.6) is 5.75 Å². The molecule has 0 bridgehead atoms. The number of thiophene rings is 1. The molecule has 4 rings (SSSR count). The van der Waals surface area contributed by atoms with E-state index in [2.05, 4.69) is 0 Å². The predicted molar refractivity (Wildman–Crippen MR) is 123 cm³/mol. The van der Waals surface area contributed by atoms with Gasteiger partial charge in [0.25, 0.3) is 0 Å². The van der Waals surface area contributed by atoms with Crippen LogP contribution < -0.4 is 4.74 Å². The number of nitrogens with zero attached hydrogens (tertiary/aromatic N) is 2. The lowest BCUT2D eigenvalue weighted by molar-refractivity contribution is -0.144. The average Bonchev–Trinajstić information content (AvgIpc) is 3.48. The van der Waals surface area contributed by atoms with Gasteiger partial charge in [-0.2, -0.15) is 0 Å². The molecule has 2 aromatic rings. The Balaban J connectivity index is 1.48. The summed E-state index contributed by atoms with van der Waals surface area (Å²) < 4.78 is 19.5. The predicted octanol–water partition coefficient (Wildman–Crippen LogP) is 4.82. The highest BCUT2D eigenvalue weighted by Crippen LogP contribution is 2.34. The smallest absolute Gasteiger partial charge is 0.242 e. The molecule has 1 unspecified atom stereocenters. The van der Waals surface area contributed by atoms with Crippen LogP contribution in [0.15, 0.2) is 35.7 Å². The Labute approximate surface area is 193 Å². The highest BCUT2D eigenvalue weighted by molar-refractivity contribution is 7.10. The van der Waals surface area contributed by atoms with Gasteiger partial charge in [-0.05, 0) is 54.8 Å². The van der Waals surface area contributed by atoms with E-state index in [-0.39, 0.29) is 42.7 Å². The van der Waals surface area contributed by atoms with Crippen LogP contribution >= 0.6 is 11.3 Å². The van der Waals surface area contributed by atoms with Crippen molar-refractivity contribution in [2.24, 2.45) is 5.92 Å².